The Morgan fingerprint density at radius 1 is 1.07 bits per heavy atom. The van der Waals surface area contributed by atoms with Crippen molar-refractivity contribution in [1.29, 1.82) is 0 Å². The molecule has 5 rings (SSSR count). The lowest BCUT2D eigenvalue weighted by Crippen LogP contribution is -2.49. The van der Waals surface area contributed by atoms with Gasteiger partial charge in [0.15, 0.2) is 0 Å². The van der Waals surface area contributed by atoms with Crippen LogP contribution in [0.4, 0.5) is 0 Å². The van der Waals surface area contributed by atoms with Crippen molar-refractivity contribution in [2.24, 2.45) is 17.3 Å². The topological polar surface area (TPSA) is 101 Å². The number of pyridine rings is 1. The van der Waals surface area contributed by atoms with Crippen LogP contribution in [0.5, 0.6) is 11.6 Å². The normalized spacial score (nSPS) is 25.7. The number of likely N-dealkylation sites (tertiary alicyclic amines) is 1. The standard InChI is InChI=1S/C35H49N3O5/c1-34(2,3)27-28(37-21-23-20-24(15-16-26(23)42-5)35(4)17-11-18-35)29(25-14-10-19-36-31(25)43-6)38(30(27)33(40)41)32(39)22-12-8-7-9-13-22/h10,14-16,19-20,22,27-30,37H,7-9,11-13,17-18,21H2,1-6H3,(H,40,41)/t27-,28-,29-,30-/m0/s1. The van der Waals surface area contributed by atoms with Gasteiger partial charge in [0.2, 0.25) is 11.8 Å². The van der Waals surface area contributed by atoms with Crippen molar-refractivity contribution < 1.29 is 24.2 Å². The number of carbonyl (C=O) groups excluding carboxylic acids is 1. The first kappa shape index (κ1) is 31.3. The zero-order valence-corrected chi connectivity index (χ0v) is 26.7. The number of carboxylic acid groups (broad SMARTS) is 1. The maximum absolute atomic E-state index is 14.4. The summed E-state index contributed by atoms with van der Waals surface area (Å²) < 4.78 is 11.5. The zero-order valence-electron chi connectivity index (χ0n) is 26.7. The molecule has 4 atom stereocenters. The third-order valence-corrected chi connectivity index (χ3v) is 10.4. The minimum Gasteiger partial charge on any atom is -0.496 e. The summed E-state index contributed by atoms with van der Waals surface area (Å²) in [6, 6.07) is 8.28. The molecular formula is C35H49N3O5. The fourth-order valence-electron chi connectivity index (χ4n) is 7.93. The quantitative estimate of drug-likeness (QED) is 0.354. The number of carbonyl (C=O) groups is 2. The molecule has 1 amide bonds. The number of hydrogen-bond acceptors (Lipinski definition) is 6. The zero-order chi connectivity index (χ0) is 30.9. The van der Waals surface area contributed by atoms with Crippen molar-refractivity contribution in [3.05, 3.63) is 53.2 Å². The molecule has 0 unspecified atom stereocenters. The smallest absolute Gasteiger partial charge is 0.326 e. The van der Waals surface area contributed by atoms with Crippen molar-refractivity contribution in [1.82, 2.24) is 15.2 Å². The van der Waals surface area contributed by atoms with Crippen molar-refractivity contribution in [2.75, 3.05) is 14.2 Å². The Bertz CT molecular complexity index is 1310. The lowest BCUT2D eigenvalue weighted by molar-refractivity contribution is -0.154. The van der Waals surface area contributed by atoms with Crippen LogP contribution in [0.3, 0.4) is 0 Å². The number of aromatic nitrogens is 1. The first-order valence-corrected chi connectivity index (χ1v) is 15.9. The van der Waals surface area contributed by atoms with E-state index in [-0.39, 0.29) is 29.2 Å². The van der Waals surface area contributed by atoms with Crippen LogP contribution in [0.15, 0.2) is 36.5 Å². The minimum atomic E-state index is -0.996. The summed E-state index contributed by atoms with van der Waals surface area (Å²) in [7, 11) is 3.26. The first-order chi connectivity index (χ1) is 20.5. The van der Waals surface area contributed by atoms with Gasteiger partial charge in [0.05, 0.1) is 20.3 Å². The van der Waals surface area contributed by atoms with Gasteiger partial charge in [0, 0.05) is 41.7 Å². The van der Waals surface area contributed by atoms with E-state index in [1.807, 2.05) is 18.2 Å². The van der Waals surface area contributed by atoms with Crippen molar-refractivity contribution in [3.8, 4) is 11.6 Å². The number of rotatable bonds is 9. The Morgan fingerprint density at radius 3 is 2.37 bits per heavy atom. The molecule has 2 aromatic rings. The van der Waals surface area contributed by atoms with Gasteiger partial charge < -0.3 is 24.8 Å². The average Bonchev–Trinajstić information content (AvgIpc) is 3.34. The molecule has 2 aliphatic carbocycles. The second-order valence-corrected chi connectivity index (χ2v) is 14.1. The van der Waals surface area contributed by atoms with E-state index in [9.17, 15) is 14.7 Å². The van der Waals surface area contributed by atoms with Gasteiger partial charge in [0.1, 0.15) is 11.8 Å². The average molecular weight is 592 g/mol. The van der Waals surface area contributed by atoms with E-state index in [4.69, 9.17) is 9.47 Å². The van der Waals surface area contributed by atoms with Crippen LogP contribution in [0, 0.1) is 17.3 Å². The summed E-state index contributed by atoms with van der Waals surface area (Å²) in [5.74, 6) is -0.398. The predicted octanol–water partition coefficient (Wildman–Crippen LogP) is 6.28. The minimum absolute atomic E-state index is 0.0703. The molecule has 8 heteroatoms. The largest absolute Gasteiger partial charge is 0.496 e. The predicted molar refractivity (Wildman–Crippen MR) is 166 cm³/mol. The highest BCUT2D eigenvalue weighted by molar-refractivity contribution is 5.87. The molecule has 43 heavy (non-hydrogen) atoms. The fourth-order valence-corrected chi connectivity index (χ4v) is 7.93. The number of carboxylic acids is 1. The molecule has 1 aromatic carbocycles. The molecule has 3 aliphatic rings. The summed E-state index contributed by atoms with van der Waals surface area (Å²) in [5.41, 5.74) is 2.81. The van der Waals surface area contributed by atoms with E-state index in [1.165, 1.54) is 24.8 Å². The van der Waals surface area contributed by atoms with Crippen LogP contribution < -0.4 is 14.8 Å². The lowest BCUT2D eigenvalue weighted by Gasteiger charge is -2.39. The molecule has 234 valence electrons. The highest BCUT2D eigenvalue weighted by Gasteiger charge is 2.59. The number of benzene rings is 1. The maximum atomic E-state index is 14.4. The van der Waals surface area contributed by atoms with Crippen molar-refractivity contribution >= 4 is 11.9 Å². The molecule has 3 fully saturated rings. The molecule has 0 spiro atoms. The van der Waals surface area contributed by atoms with Crippen molar-refractivity contribution in [2.45, 2.75) is 109 Å². The van der Waals surface area contributed by atoms with Gasteiger partial charge in [0.25, 0.3) is 0 Å². The molecule has 1 aliphatic heterocycles. The molecule has 2 N–H and O–H groups in total. The SMILES string of the molecule is COc1ccc(C2(C)CCC2)cc1CN[C@H]1[C@H](C(C)(C)C)[C@@H](C(=O)O)N(C(=O)C2CCCCC2)[C@H]1c1cccnc1OC. The van der Waals surface area contributed by atoms with Crippen LogP contribution in [0.2, 0.25) is 0 Å². The second-order valence-electron chi connectivity index (χ2n) is 14.1. The number of aliphatic carboxylic acids is 1. The van der Waals surface area contributed by atoms with Gasteiger partial charge in [-0.1, -0.05) is 65.5 Å². The summed E-state index contributed by atoms with van der Waals surface area (Å²) in [6.45, 7) is 9.02. The highest BCUT2D eigenvalue weighted by Crippen LogP contribution is 2.51. The van der Waals surface area contributed by atoms with E-state index in [2.05, 4.69) is 50.1 Å². The molecule has 1 aromatic heterocycles. The van der Waals surface area contributed by atoms with Gasteiger partial charge in [-0.25, -0.2) is 9.78 Å². The Kier molecular flexibility index (Phi) is 9.07. The second kappa shape index (κ2) is 12.5. The molecule has 2 heterocycles. The molecule has 0 radical (unpaired) electrons. The number of nitrogens with one attached hydrogen (secondary N) is 1. The van der Waals surface area contributed by atoms with Gasteiger partial charge in [-0.3, -0.25) is 4.79 Å². The van der Waals surface area contributed by atoms with Crippen LogP contribution >= 0.6 is 0 Å². The highest BCUT2D eigenvalue weighted by atomic mass is 16.5. The van der Waals surface area contributed by atoms with Gasteiger partial charge in [-0.05, 0) is 60.3 Å². The number of amides is 1. The van der Waals surface area contributed by atoms with E-state index in [0.717, 1.165) is 49.0 Å². The summed E-state index contributed by atoms with van der Waals surface area (Å²) in [5, 5.41) is 14.6. The van der Waals surface area contributed by atoms with Crippen LogP contribution in [0.1, 0.15) is 102 Å². The lowest BCUT2D eigenvalue weighted by atomic mass is 9.66. The Labute approximate surface area is 256 Å². The molecule has 2 saturated carbocycles. The Morgan fingerprint density at radius 2 is 1.79 bits per heavy atom. The van der Waals surface area contributed by atoms with E-state index in [0.29, 0.717) is 12.4 Å². The number of ether oxygens (including phenoxy) is 2. The summed E-state index contributed by atoms with van der Waals surface area (Å²) >= 11 is 0. The Balaban J connectivity index is 1.61. The van der Waals surface area contributed by atoms with Crippen LogP contribution in [-0.4, -0.2) is 53.2 Å². The summed E-state index contributed by atoms with van der Waals surface area (Å²) in [4.78, 5) is 33.8. The molecule has 8 nitrogen and oxygen atoms in total. The fraction of sp³-hybridized carbons (Fsp3) is 0.629. The Hall–Kier alpha value is -3.13. The molecular weight excluding hydrogens is 542 g/mol. The maximum Gasteiger partial charge on any atom is 0.326 e. The third-order valence-electron chi connectivity index (χ3n) is 10.4. The van der Waals surface area contributed by atoms with Gasteiger partial charge in [-0.15, -0.1) is 0 Å². The molecule has 0 bridgehead atoms. The van der Waals surface area contributed by atoms with E-state index < -0.39 is 23.5 Å². The monoisotopic (exact) mass is 591 g/mol. The molecule has 1 saturated heterocycles. The number of hydrogen-bond donors (Lipinski definition) is 2. The van der Waals surface area contributed by atoms with Gasteiger partial charge in [-0.2, -0.15) is 0 Å². The van der Waals surface area contributed by atoms with Crippen LogP contribution in [0.25, 0.3) is 0 Å². The van der Waals surface area contributed by atoms with Crippen molar-refractivity contribution in [3.63, 3.8) is 0 Å². The number of nitrogens with zero attached hydrogens (tertiary/aromatic N) is 2. The van der Waals surface area contributed by atoms with Crippen LogP contribution in [-0.2, 0) is 21.5 Å². The first-order valence-electron chi connectivity index (χ1n) is 15.9. The van der Waals surface area contributed by atoms with Gasteiger partial charge >= 0.3 is 5.97 Å². The third kappa shape index (κ3) is 6.00. The van der Waals surface area contributed by atoms with E-state index in [1.54, 1.807) is 25.3 Å². The van der Waals surface area contributed by atoms with E-state index >= 15 is 0 Å². The summed E-state index contributed by atoms with van der Waals surface area (Å²) in [6.07, 6.45) is 9.91. The number of methoxy groups -OCH3 is 2.